The minimum atomic E-state index is -0.257. The minimum Gasteiger partial charge on any atom is -0.325 e. The van der Waals surface area contributed by atoms with Gasteiger partial charge >= 0.3 is 0 Å². The maximum Gasteiger partial charge on any atom is 0.234 e. The van der Waals surface area contributed by atoms with Crippen LogP contribution in [-0.4, -0.2) is 16.8 Å². The van der Waals surface area contributed by atoms with Crippen molar-refractivity contribution in [1.29, 1.82) is 0 Å². The van der Waals surface area contributed by atoms with Gasteiger partial charge in [-0.1, -0.05) is 53.2 Å². The van der Waals surface area contributed by atoms with Crippen molar-refractivity contribution in [3.63, 3.8) is 0 Å². The maximum absolute atomic E-state index is 12.3. The lowest BCUT2D eigenvalue weighted by molar-refractivity contribution is -0.113. The van der Waals surface area contributed by atoms with E-state index in [1.807, 2.05) is 24.3 Å². The molecule has 1 heterocycles. The average molecular weight is 396 g/mol. The van der Waals surface area contributed by atoms with Crippen LogP contribution < -0.4 is 5.32 Å². The van der Waals surface area contributed by atoms with E-state index in [1.165, 1.54) is 11.3 Å². The van der Waals surface area contributed by atoms with E-state index < -0.39 is 0 Å². The predicted octanol–water partition coefficient (Wildman–Crippen LogP) is 5.72. The summed E-state index contributed by atoms with van der Waals surface area (Å²) in [5, 5.41) is 4.42. The molecular weight excluding hydrogens is 385 g/mol. The smallest absolute Gasteiger partial charge is 0.234 e. The van der Waals surface area contributed by atoms with Gasteiger partial charge in [-0.15, -0.1) is 11.3 Å². The van der Waals surface area contributed by atoms with Gasteiger partial charge in [0.15, 0.2) is 0 Å². The van der Waals surface area contributed by atoms with Crippen molar-refractivity contribution in [3.05, 3.63) is 63.5 Å². The number of rotatable bonds is 4. The molecule has 0 spiro atoms. The molecule has 24 heavy (non-hydrogen) atoms. The number of amides is 1. The summed E-state index contributed by atoms with van der Waals surface area (Å²) in [5.41, 5.74) is 0.636. The number of carbonyl (C=O) groups is 2. The van der Waals surface area contributed by atoms with Crippen molar-refractivity contribution < 1.29 is 9.59 Å². The Bertz CT molecular complexity index is 907. The van der Waals surface area contributed by atoms with E-state index in [2.05, 4.69) is 5.32 Å². The third-order valence-corrected chi connectivity index (χ3v) is 6.11. The van der Waals surface area contributed by atoms with Gasteiger partial charge in [0.05, 0.1) is 10.8 Å². The Hall–Kier alpha value is -1.53. The van der Waals surface area contributed by atoms with Crippen molar-refractivity contribution in [1.82, 2.24) is 0 Å². The lowest BCUT2D eigenvalue weighted by Gasteiger charge is -2.04. The summed E-state index contributed by atoms with van der Waals surface area (Å²) in [5.74, 6) is -0.237. The Morgan fingerprint density at radius 1 is 1.04 bits per heavy atom. The molecule has 0 saturated carbocycles. The lowest BCUT2D eigenvalue weighted by Crippen LogP contribution is -2.15. The molecule has 3 rings (SSSR count). The minimum absolute atomic E-state index is 0.0199. The van der Waals surface area contributed by atoms with Crippen LogP contribution in [0.2, 0.25) is 10.0 Å². The van der Waals surface area contributed by atoms with Crippen molar-refractivity contribution >= 4 is 73.1 Å². The van der Waals surface area contributed by atoms with Crippen molar-refractivity contribution in [2.45, 2.75) is 0 Å². The highest BCUT2D eigenvalue weighted by molar-refractivity contribution is 8.14. The fourth-order valence-electron chi connectivity index (χ4n) is 2.07. The zero-order valence-electron chi connectivity index (χ0n) is 12.2. The first-order valence-corrected chi connectivity index (χ1v) is 9.50. The monoisotopic (exact) mass is 395 g/mol. The number of thioether (sulfide) groups is 1. The number of thiophene rings is 1. The molecule has 1 amide bonds. The first-order valence-electron chi connectivity index (χ1n) is 6.94. The first-order chi connectivity index (χ1) is 11.5. The van der Waals surface area contributed by atoms with Crippen LogP contribution in [0.4, 0.5) is 5.69 Å². The molecule has 0 unspecified atom stereocenters. The van der Waals surface area contributed by atoms with Gasteiger partial charge in [-0.3, -0.25) is 9.59 Å². The molecule has 2 aromatic carbocycles. The Morgan fingerprint density at radius 3 is 2.46 bits per heavy atom. The Kier molecular flexibility index (Phi) is 5.46. The molecule has 0 fully saturated rings. The quantitative estimate of drug-likeness (QED) is 0.614. The van der Waals surface area contributed by atoms with Crippen LogP contribution in [-0.2, 0) is 4.79 Å². The standard InChI is InChI=1S/C17H11Cl2NO2S2/c18-10-5-7-11(8-6-10)20-14(21)9-23-17(22)16-15(19)12-3-1-2-4-13(12)24-16/h1-8H,9H2,(H,20,21). The van der Waals surface area contributed by atoms with Gasteiger partial charge in [0.1, 0.15) is 4.88 Å². The summed E-state index contributed by atoms with van der Waals surface area (Å²) in [6.45, 7) is 0. The molecule has 1 N–H and O–H groups in total. The molecule has 0 aliphatic heterocycles. The van der Waals surface area contributed by atoms with E-state index >= 15 is 0 Å². The van der Waals surface area contributed by atoms with Crippen molar-refractivity contribution in [2.24, 2.45) is 0 Å². The van der Waals surface area contributed by atoms with Crippen LogP contribution in [0, 0.1) is 0 Å². The highest BCUT2D eigenvalue weighted by Gasteiger charge is 2.18. The number of carbonyl (C=O) groups excluding carboxylic acids is 2. The summed E-state index contributed by atoms with van der Waals surface area (Å²) in [6.07, 6.45) is 0. The second-order valence-corrected chi connectivity index (χ2v) is 7.69. The van der Waals surface area contributed by atoms with E-state index in [-0.39, 0.29) is 16.8 Å². The van der Waals surface area contributed by atoms with Gasteiger partial charge < -0.3 is 5.32 Å². The van der Waals surface area contributed by atoms with Crippen molar-refractivity contribution in [3.8, 4) is 0 Å². The van der Waals surface area contributed by atoms with Crippen LogP contribution in [0.25, 0.3) is 10.1 Å². The molecule has 0 aliphatic carbocycles. The van der Waals surface area contributed by atoms with E-state index in [1.54, 1.807) is 24.3 Å². The van der Waals surface area contributed by atoms with Gasteiger partial charge in [-0.25, -0.2) is 0 Å². The number of hydrogen-bond donors (Lipinski definition) is 1. The van der Waals surface area contributed by atoms with Crippen molar-refractivity contribution in [2.75, 3.05) is 11.1 Å². The third-order valence-electron chi connectivity index (χ3n) is 3.18. The van der Waals surface area contributed by atoms with Gasteiger partial charge in [0, 0.05) is 20.8 Å². The number of halogens is 2. The van der Waals surface area contributed by atoms with Crippen LogP contribution in [0.3, 0.4) is 0 Å². The number of anilines is 1. The van der Waals surface area contributed by atoms with Gasteiger partial charge in [0.25, 0.3) is 0 Å². The summed E-state index contributed by atoms with van der Waals surface area (Å²) in [4.78, 5) is 24.7. The number of benzene rings is 2. The number of fused-ring (bicyclic) bond motifs is 1. The molecule has 3 aromatic rings. The average Bonchev–Trinajstić information content (AvgIpc) is 2.92. The summed E-state index contributed by atoms with van der Waals surface area (Å²) >= 11 is 14.3. The normalized spacial score (nSPS) is 10.8. The predicted molar refractivity (Wildman–Crippen MR) is 104 cm³/mol. The Balaban J connectivity index is 1.63. The van der Waals surface area contributed by atoms with E-state index in [0.717, 1.165) is 21.8 Å². The summed E-state index contributed by atoms with van der Waals surface area (Å²) in [6, 6.07) is 14.4. The van der Waals surface area contributed by atoms with Crippen LogP contribution in [0.1, 0.15) is 9.67 Å². The van der Waals surface area contributed by atoms with Gasteiger partial charge in [-0.2, -0.15) is 0 Å². The highest BCUT2D eigenvalue weighted by Crippen LogP contribution is 2.37. The highest BCUT2D eigenvalue weighted by atomic mass is 35.5. The van der Waals surface area contributed by atoms with Crippen LogP contribution >= 0.6 is 46.3 Å². The second-order valence-electron chi connectivity index (χ2n) is 4.87. The fourth-order valence-corrected chi connectivity index (χ4v) is 4.48. The Morgan fingerprint density at radius 2 is 1.75 bits per heavy atom. The van der Waals surface area contributed by atoms with Crippen LogP contribution in [0.15, 0.2) is 48.5 Å². The molecule has 3 nitrogen and oxygen atoms in total. The number of nitrogens with one attached hydrogen (secondary N) is 1. The molecular formula is C17H11Cl2NO2S2. The van der Waals surface area contributed by atoms with Gasteiger partial charge in [-0.05, 0) is 30.3 Å². The molecule has 0 aliphatic rings. The zero-order valence-corrected chi connectivity index (χ0v) is 15.4. The third kappa shape index (κ3) is 3.92. The molecule has 122 valence electrons. The zero-order chi connectivity index (χ0) is 17.1. The summed E-state index contributed by atoms with van der Waals surface area (Å²) < 4.78 is 0.956. The lowest BCUT2D eigenvalue weighted by atomic mass is 10.2. The molecule has 0 saturated heterocycles. The van der Waals surface area contributed by atoms with Gasteiger partial charge in [0.2, 0.25) is 11.0 Å². The molecule has 0 atom stereocenters. The summed E-state index contributed by atoms with van der Waals surface area (Å²) in [7, 11) is 0. The maximum atomic E-state index is 12.3. The first kappa shape index (κ1) is 17.3. The van der Waals surface area contributed by atoms with E-state index in [4.69, 9.17) is 23.2 Å². The molecule has 0 radical (unpaired) electrons. The molecule has 7 heteroatoms. The molecule has 0 bridgehead atoms. The van der Waals surface area contributed by atoms with E-state index in [9.17, 15) is 9.59 Å². The largest absolute Gasteiger partial charge is 0.325 e. The Labute approximate surface area is 157 Å². The SMILES string of the molecule is O=C(CSC(=O)c1sc2ccccc2c1Cl)Nc1ccc(Cl)cc1. The van der Waals surface area contributed by atoms with Crippen LogP contribution in [0.5, 0.6) is 0 Å². The number of hydrogen-bond acceptors (Lipinski definition) is 4. The fraction of sp³-hybridized carbons (Fsp3) is 0.0588. The van der Waals surface area contributed by atoms with E-state index in [0.29, 0.717) is 20.6 Å². The molecule has 1 aromatic heterocycles. The topological polar surface area (TPSA) is 46.2 Å². The second kappa shape index (κ2) is 7.57.